The molecule has 1 aromatic rings. The van der Waals surface area contributed by atoms with E-state index in [1.165, 1.54) is 5.56 Å². The molecule has 0 aromatic heterocycles. The van der Waals surface area contributed by atoms with Gasteiger partial charge in [-0.25, -0.2) is 0 Å². The molecule has 0 saturated heterocycles. The summed E-state index contributed by atoms with van der Waals surface area (Å²) in [5.74, 6) is 0.427. The van der Waals surface area contributed by atoms with Crippen molar-refractivity contribution in [3.05, 3.63) is 35.9 Å². The molecule has 2 heteroatoms. The maximum Gasteiger partial charge on any atom is 0.308 e. The van der Waals surface area contributed by atoms with Crippen molar-refractivity contribution >= 4 is 5.97 Å². The lowest BCUT2D eigenvalue weighted by Crippen LogP contribution is -2.30. The molecular weight excluding hydrogens is 248 g/mol. The average Bonchev–Trinajstić information content (AvgIpc) is 2.37. The van der Waals surface area contributed by atoms with Gasteiger partial charge in [0.05, 0.1) is 5.92 Å². The second-order valence-electron chi connectivity index (χ2n) is 6.67. The summed E-state index contributed by atoms with van der Waals surface area (Å²) in [7, 11) is 0. The minimum absolute atomic E-state index is 0.0592. The summed E-state index contributed by atoms with van der Waals surface area (Å²) in [6, 6.07) is 10.5. The second kappa shape index (κ2) is 7.47. The molecule has 0 saturated carbocycles. The van der Waals surface area contributed by atoms with E-state index in [0.717, 1.165) is 19.3 Å². The van der Waals surface area contributed by atoms with Gasteiger partial charge in [0.2, 0.25) is 0 Å². The third-order valence-electron chi connectivity index (χ3n) is 3.51. The maximum absolute atomic E-state index is 11.7. The molecule has 0 amide bonds. The zero-order valence-electron chi connectivity index (χ0n) is 13.5. The van der Waals surface area contributed by atoms with Gasteiger partial charge in [-0.05, 0) is 44.6 Å². The predicted molar refractivity (Wildman–Crippen MR) is 83.6 cm³/mol. The zero-order valence-corrected chi connectivity index (χ0v) is 13.5. The van der Waals surface area contributed by atoms with Gasteiger partial charge in [0.1, 0.15) is 5.60 Å². The van der Waals surface area contributed by atoms with Crippen LogP contribution >= 0.6 is 0 Å². The number of carbonyl (C=O) groups is 1. The highest BCUT2D eigenvalue weighted by molar-refractivity contribution is 5.71. The van der Waals surface area contributed by atoms with Crippen molar-refractivity contribution in [2.75, 3.05) is 0 Å². The number of rotatable bonds is 7. The van der Waals surface area contributed by atoms with E-state index >= 15 is 0 Å². The van der Waals surface area contributed by atoms with E-state index in [2.05, 4.69) is 31.2 Å². The topological polar surface area (TPSA) is 26.3 Å². The molecule has 0 spiro atoms. The van der Waals surface area contributed by atoms with Crippen LogP contribution in [0, 0.1) is 11.8 Å². The van der Waals surface area contributed by atoms with E-state index in [1.807, 2.05) is 33.8 Å². The molecule has 20 heavy (non-hydrogen) atoms. The Morgan fingerprint density at radius 1 is 1.15 bits per heavy atom. The van der Waals surface area contributed by atoms with Gasteiger partial charge in [-0.2, -0.15) is 0 Å². The number of hydrogen-bond donors (Lipinski definition) is 0. The summed E-state index contributed by atoms with van der Waals surface area (Å²) >= 11 is 0. The normalized spacial score (nSPS) is 13.3. The van der Waals surface area contributed by atoms with Crippen molar-refractivity contribution in [1.29, 1.82) is 0 Å². The highest BCUT2D eigenvalue weighted by Crippen LogP contribution is 2.23. The fourth-order valence-electron chi connectivity index (χ4n) is 2.15. The largest absolute Gasteiger partial charge is 0.459 e. The van der Waals surface area contributed by atoms with Crippen molar-refractivity contribution in [3.8, 4) is 0 Å². The van der Waals surface area contributed by atoms with Crippen LogP contribution < -0.4 is 0 Å². The van der Waals surface area contributed by atoms with Gasteiger partial charge < -0.3 is 4.74 Å². The number of carbonyl (C=O) groups excluding carboxylic acids is 1. The van der Waals surface area contributed by atoms with Gasteiger partial charge >= 0.3 is 5.97 Å². The molecule has 0 radical (unpaired) electrons. The van der Waals surface area contributed by atoms with E-state index in [-0.39, 0.29) is 17.5 Å². The molecule has 0 aliphatic carbocycles. The number of hydrogen-bond acceptors (Lipinski definition) is 2. The molecule has 0 aliphatic heterocycles. The minimum Gasteiger partial charge on any atom is -0.459 e. The Bertz CT molecular complexity index is 407. The Morgan fingerprint density at radius 2 is 1.75 bits per heavy atom. The standard InChI is InChI=1S/C18H28O2/c1-14(2)17(19)20-18(4,5)12-11-15(3)13-16-9-7-6-8-10-16/h6-10,14-15H,11-13H2,1-5H3. The first kappa shape index (κ1) is 16.7. The first-order valence-electron chi connectivity index (χ1n) is 7.57. The molecule has 0 aliphatic rings. The van der Waals surface area contributed by atoms with Gasteiger partial charge in [0, 0.05) is 0 Å². The molecule has 1 atom stereocenters. The van der Waals surface area contributed by atoms with Gasteiger partial charge in [0.15, 0.2) is 0 Å². The van der Waals surface area contributed by atoms with Gasteiger partial charge in [0.25, 0.3) is 0 Å². The molecule has 2 nitrogen and oxygen atoms in total. The van der Waals surface area contributed by atoms with Crippen molar-refractivity contribution in [2.24, 2.45) is 11.8 Å². The van der Waals surface area contributed by atoms with Crippen molar-refractivity contribution in [1.82, 2.24) is 0 Å². The van der Waals surface area contributed by atoms with Crippen LogP contribution in [0.1, 0.15) is 53.0 Å². The Morgan fingerprint density at radius 3 is 2.30 bits per heavy atom. The van der Waals surface area contributed by atoms with E-state index < -0.39 is 0 Å². The van der Waals surface area contributed by atoms with Crippen molar-refractivity contribution in [3.63, 3.8) is 0 Å². The van der Waals surface area contributed by atoms with E-state index in [9.17, 15) is 4.79 Å². The highest BCUT2D eigenvalue weighted by Gasteiger charge is 2.24. The van der Waals surface area contributed by atoms with Crippen LogP contribution in [-0.2, 0) is 16.0 Å². The van der Waals surface area contributed by atoms with Crippen LogP contribution in [0.4, 0.5) is 0 Å². The van der Waals surface area contributed by atoms with Gasteiger partial charge in [-0.3, -0.25) is 4.79 Å². The lowest BCUT2D eigenvalue weighted by atomic mass is 9.91. The molecule has 1 rings (SSSR count). The third kappa shape index (κ3) is 6.23. The first-order valence-corrected chi connectivity index (χ1v) is 7.57. The first-order chi connectivity index (χ1) is 9.30. The van der Waals surface area contributed by atoms with E-state index in [4.69, 9.17) is 4.74 Å². The number of benzene rings is 1. The van der Waals surface area contributed by atoms with Crippen molar-refractivity contribution in [2.45, 2.75) is 59.5 Å². The summed E-state index contributed by atoms with van der Waals surface area (Å²) in [5, 5.41) is 0. The SMILES string of the molecule is CC(CCC(C)(C)OC(=O)C(C)C)Cc1ccccc1. The molecule has 1 aromatic carbocycles. The molecular formula is C18H28O2. The van der Waals surface area contributed by atoms with Crippen LogP contribution in [0.2, 0.25) is 0 Å². The molecule has 0 N–H and O–H groups in total. The molecule has 0 fully saturated rings. The van der Waals surface area contributed by atoms with E-state index in [0.29, 0.717) is 5.92 Å². The number of ether oxygens (including phenoxy) is 1. The van der Waals surface area contributed by atoms with Crippen LogP contribution in [0.3, 0.4) is 0 Å². The Labute approximate surface area is 123 Å². The lowest BCUT2D eigenvalue weighted by Gasteiger charge is -2.27. The lowest BCUT2D eigenvalue weighted by molar-refractivity contribution is -0.161. The second-order valence-corrected chi connectivity index (χ2v) is 6.67. The minimum atomic E-state index is -0.369. The molecule has 112 valence electrons. The van der Waals surface area contributed by atoms with Gasteiger partial charge in [-0.15, -0.1) is 0 Å². The fourth-order valence-corrected chi connectivity index (χ4v) is 2.15. The predicted octanol–water partition coefficient (Wildman–Crippen LogP) is 4.62. The maximum atomic E-state index is 11.7. The third-order valence-corrected chi connectivity index (χ3v) is 3.51. The highest BCUT2D eigenvalue weighted by atomic mass is 16.6. The van der Waals surface area contributed by atoms with Crippen LogP contribution in [-0.4, -0.2) is 11.6 Å². The van der Waals surface area contributed by atoms with Gasteiger partial charge in [-0.1, -0.05) is 51.1 Å². The Balaban J connectivity index is 2.39. The summed E-state index contributed by atoms with van der Waals surface area (Å²) in [6.07, 6.45) is 3.04. The average molecular weight is 276 g/mol. The molecule has 0 bridgehead atoms. The molecule has 1 unspecified atom stereocenters. The van der Waals surface area contributed by atoms with Crippen molar-refractivity contribution < 1.29 is 9.53 Å². The quantitative estimate of drug-likeness (QED) is 0.679. The summed E-state index contributed by atoms with van der Waals surface area (Å²) in [4.78, 5) is 11.7. The summed E-state index contributed by atoms with van der Waals surface area (Å²) in [6.45, 7) is 10.0. The van der Waals surface area contributed by atoms with Crippen LogP contribution in [0.5, 0.6) is 0 Å². The Kier molecular flexibility index (Phi) is 6.25. The summed E-state index contributed by atoms with van der Waals surface area (Å²) < 4.78 is 5.56. The van der Waals surface area contributed by atoms with Crippen LogP contribution in [0.25, 0.3) is 0 Å². The monoisotopic (exact) mass is 276 g/mol. The summed E-state index contributed by atoms with van der Waals surface area (Å²) in [5.41, 5.74) is 1.00. The smallest absolute Gasteiger partial charge is 0.308 e. The Hall–Kier alpha value is -1.31. The van der Waals surface area contributed by atoms with Crippen LogP contribution in [0.15, 0.2) is 30.3 Å². The van der Waals surface area contributed by atoms with E-state index in [1.54, 1.807) is 0 Å². The number of esters is 1. The molecule has 0 heterocycles. The fraction of sp³-hybridized carbons (Fsp3) is 0.611. The zero-order chi connectivity index (χ0) is 15.2.